The number of rotatable bonds is 4. The Balaban J connectivity index is 2.08. The number of aryl methyl sites for hydroxylation is 1. The molecular formula is C18H17N3O4. The van der Waals surface area contributed by atoms with Crippen molar-refractivity contribution in [1.29, 1.82) is 0 Å². The van der Waals surface area contributed by atoms with Crippen molar-refractivity contribution in [3.8, 4) is 11.5 Å². The third kappa shape index (κ3) is 2.91. The standard InChI is InChI=1S/C18H17N3O4/c1-11-19-13-8-5-4-7-12(13)18(23)21(11)20-17(22)16-14(24-2)9-6-10-15(16)25-3/h4-10H,1-3H3,(H,20,22). The van der Waals surface area contributed by atoms with Crippen molar-refractivity contribution in [1.82, 2.24) is 9.66 Å². The Labute approximate surface area is 143 Å². The predicted molar refractivity (Wildman–Crippen MR) is 94.0 cm³/mol. The van der Waals surface area contributed by atoms with Gasteiger partial charge in [-0.05, 0) is 31.2 Å². The van der Waals surface area contributed by atoms with Gasteiger partial charge in [-0.15, -0.1) is 0 Å². The second kappa shape index (κ2) is 6.64. The van der Waals surface area contributed by atoms with Gasteiger partial charge >= 0.3 is 0 Å². The van der Waals surface area contributed by atoms with Crippen LogP contribution in [0.2, 0.25) is 0 Å². The molecule has 1 N–H and O–H groups in total. The van der Waals surface area contributed by atoms with Crippen LogP contribution in [0.3, 0.4) is 0 Å². The number of carbonyl (C=O) groups is 1. The third-order valence-corrected chi connectivity index (χ3v) is 3.81. The highest BCUT2D eigenvalue weighted by molar-refractivity contribution is 6.04. The molecule has 7 heteroatoms. The summed E-state index contributed by atoms with van der Waals surface area (Å²) in [4.78, 5) is 29.8. The van der Waals surface area contributed by atoms with Crippen molar-refractivity contribution in [3.63, 3.8) is 0 Å². The Morgan fingerprint density at radius 2 is 1.68 bits per heavy atom. The minimum atomic E-state index is -0.531. The zero-order chi connectivity index (χ0) is 18.0. The lowest BCUT2D eigenvalue weighted by Gasteiger charge is -2.15. The number of hydrogen-bond acceptors (Lipinski definition) is 5. The van der Waals surface area contributed by atoms with E-state index in [9.17, 15) is 9.59 Å². The molecule has 0 saturated carbocycles. The van der Waals surface area contributed by atoms with Crippen molar-refractivity contribution >= 4 is 16.8 Å². The van der Waals surface area contributed by atoms with Crippen LogP contribution in [0.25, 0.3) is 10.9 Å². The topological polar surface area (TPSA) is 82.4 Å². The maximum absolute atomic E-state index is 12.8. The Morgan fingerprint density at radius 3 is 2.32 bits per heavy atom. The Kier molecular flexibility index (Phi) is 4.38. The van der Waals surface area contributed by atoms with Crippen molar-refractivity contribution < 1.29 is 14.3 Å². The monoisotopic (exact) mass is 339 g/mol. The van der Waals surface area contributed by atoms with E-state index in [1.807, 2.05) is 0 Å². The third-order valence-electron chi connectivity index (χ3n) is 3.81. The van der Waals surface area contributed by atoms with Crippen molar-refractivity contribution in [2.24, 2.45) is 0 Å². The summed E-state index contributed by atoms with van der Waals surface area (Å²) in [6.45, 7) is 1.65. The molecule has 3 aromatic rings. The quantitative estimate of drug-likeness (QED) is 0.787. The van der Waals surface area contributed by atoms with Crippen LogP contribution in [-0.4, -0.2) is 29.8 Å². The second-order valence-electron chi connectivity index (χ2n) is 5.30. The number of para-hydroxylation sites is 1. The maximum Gasteiger partial charge on any atom is 0.280 e. The van der Waals surface area contributed by atoms with Gasteiger partial charge in [-0.2, -0.15) is 0 Å². The number of amides is 1. The lowest BCUT2D eigenvalue weighted by molar-refractivity contribution is 0.1000. The van der Waals surface area contributed by atoms with Crippen LogP contribution >= 0.6 is 0 Å². The summed E-state index contributed by atoms with van der Waals surface area (Å²) in [5, 5.41) is 0.417. The minimum Gasteiger partial charge on any atom is -0.496 e. The van der Waals surface area contributed by atoms with Gasteiger partial charge in [-0.3, -0.25) is 15.0 Å². The lowest BCUT2D eigenvalue weighted by atomic mass is 10.1. The molecule has 0 aliphatic carbocycles. The molecule has 0 spiro atoms. The van der Waals surface area contributed by atoms with E-state index in [2.05, 4.69) is 10.4 Å². The van der Waals surface area contributed by atoms with E-state index in [1.165, 1.54) is 14.2 Å². The summed E-state index contributed by atoms with van der Waals surface area (Å²) < 4.78 is 11.6. The van der Waals surface area contributed by atoms with Gasteiger partial charge in [0.05, 0.1) is 25.1 Å². The fourth-order valence-corrected chi connectivity index (χ4v) is 2.61. The number of nitrogens with one attached hydrogen (secondary N) is 1. The lowest BCUT2D eigenvalue weighted by Crippen LogP contribution is -2.35. The highest BCUT2D eigenvalue weighted by atomic mass is 16.5. The van der Waals surface area contributed by atoms with Crippen LogP contribution in [-0.2, 0) is 0 Å². The van der Waals surface area contributed by atoms with Gasteiger partial charge in [-0.1, -0.05) is 18.2 Å². The highest BCUT2D eigenvalue weighted by Crippen LogP contribution is 2.28. The van der Waals surface area contributed by atoms with Crippen LogP contribution in [0.5, 0.6) is 11.5 Å². The fraction of sp³-hybridized carbons (Fsp3) is 0.167. The van der Waals surface area contributed by atoms with Crippen LogP contribution in [0.15, 0.2) is 47.3 Å². The van der Waals surface area contributed by atoms with Crippen molar-refractivity contribution in [2.75, 3.05) is 19.6 Å². The van der Waals surface area contributed by atoms with E-state index in [-0.39, 0.29) is 11.1 Å². The number of carbonyl (C=O) groups excluding carboxylic acids is 1. The predicted octanol–water partition coefficient (Wildman–Crippen LogP) is 2.11. The molecule has 0 atom stereocenters. The SMILES string of the molecule is COc1cccc(OC)c1C(=O)Nn1c(C)nc2ccccc2c1=O. The molecule has 2 aromatic carbocycles. The van der Waals surface area contributed by atoms with Gasteiger partial charge in [0.2, 0.25) is 0 Å². The van der Waals surface area contributed by atoms with E-state index >= 15 is 0 Å². The summed E-state index contributed by atoms with van der Waals surface area (Å²) in [7, 11) is 2.92. The van der Waals surface area contributed by atoms with Crippen LogP contribution in [0.4, 0.5) is 0 Å². The number of ether oxygens (including phenoxy) is 2. The molecule has 25 heavy (non-hydrogen) atoms. The normalized spacial score (nSPS) is 10.5. The van der Waals surface area contributed by atoms with E-state index in [0.717, 1.165) is 4.68 Å². The Hall–Kier alpha value is -3.35. The molecule has 1 heterocycles. The molecule has 128 valence electrons. The first kappa shape index (κ1) is 16.5. The molecule has 0 unspecified atom stereocenters. The van der Waals surface area contributed by atoms with Gasteiger partial charge < -0.3 is 9.47 Å². The first-order chi connectivity index (χ1) is 12.1. The van der Waals surface area contributed by atoms with E-state index in [4.69, 9.17) is 9.47 Å². The summed E-state index contributed by atoms with van der Waals surface area (Å²) in [6, 6.07) is 12.0. The Bertz CT molecular complexity index is 989. The molecule has 1 amide bonds. The van der Waals surface area contributed by atoms with Crippen LogP contribution in [0, 0.1) is 6.92 Å². The molecule has 0 aliphatic rings. The number of hydrogen-bond donors (Lipinski definition) is 1. The molecule has 0 saturated heterocycles. The Morgan fingerprint density at radius 1 is 1.04 bits per heavy atom. The summed E-state index contributed by atoms with van der Waals surface area (Å²) in [5.74, 6) is 0.523. The van der Waals surface area contributed by atoms with Gasteiger partial charge in [0.15, 0.2) is 0 Å². The fourth-order valence-electron chi connectivity index (χ4n) is 2.61. The van der Waals surface area contributed by atoms with Gasteiger partial charge in [0.25, 0.3) is 11.5 Å². The molecule has 0 fully saturated rings. The van der Waals surface area contributed by atoms with Crippen molar-refractivity contribution in [3.05, 3.63) is 64.2 Å². The molecule has 3 rings (SSSR count). The number of methoxy groups -OCH3 is 2. The summed E-state index contributed by atoms with van der Waals surface area (Å²) >= 11 is 0. The van der Waals surface area contributed by atoms with E-state index in [0.29, 0.717) is 28.2 Å². The number of nitrogens with zero attached hydrogens (tertiary/aromatic N) is 2. The minimum absolute atomic E-state index is 0.201. The van der Waals surface area contributed by atoms with Gasteiger partial charge in [0, 0.05) is 0 Å². The van der Waals surface area contributed by atoms with E-state index < -0.39 is 5.91 Å². The first-order valence-corrected chi connectivity index (χ1v) is 7.57. The largest absolute Gasteiger partial charge is 0.496 e. The average Bonchev–Trinajstić information content (AvgIpc) is 2.64. The molecular weight excluding hydrogens is 322 g/mol. The zero-order valence-electron chi connectivity index (χ0n) is 14.1. The average molecular weight is 339 g/mol. The highest BCUT2D eigenvalue weighted by Gasteiger charge is 2.20. The maximum atomic E-state index is 12.8. The first-order valence-electron chi connectivity index (χ1n) is 7.57. The van der Waals surface area contributed by atoms with Crippen LogP contribution in [0.1, 0.15) is 16.2 Å². The number of fused-ring (bicyclic) bond motifs is 1. The second-order valence-corrected chi connectivity index (χ2v) is 5.30. The molecule has 1 aromatic heterocycles. The number of benzene rings is 2. The van der Waals surface area contributed by atoms with Crippen LogP contribution < -0.4 is 20.5 Å². The molecule has 0 bridgehead atoms. The zero-order valence-corrected chi connectivity index (χ0v) is 14.1. The van der Waals surface area contributed by atoms with E-state index in [1.54, 1.807) is 49.4 Å². The number of aromatic nitrogens is 2. The van der Waals surface area contributed by atoms with Crippen molar-refractivity contribution in [2.45, 2.75) is 6.92 Å². The smallest absolute Gasteiger partial charge is 0.280 e. The summed E-state index contributed by atoms with van der Waals surface area (Å²) in [5.41, 5.74) is 3.00. The van der Waals surface area contributed by atoms with Gasteiger partial charge in [-0.25, -0.2) is 9.66 Å². The van der Waals surface area contributed by atoms with Gasteiger partial charge in [0.1, 0.15) is 22.9 Å². The molecule has 7 nitrogen and oxygen atoms in total. The summed E-state index contributed by atoms with van der Waals surface area (Å²) in [6.07, 6.45) is 0. The molecule has 0 radical (unpaired) electrons. The molecule has 0 aliphatic heterocycles.